The van der Waals surface area contributed by atoms with Gasteiger partial charge < -0.3 is 5.32 Å². The van der Waals surface area contributed by atoms with Crippen molar-refractivity contribution in [3.63, 3.8) is 0 Å². The molecule has 0 bridgehead atoms. The number of allylic oxidation sites excluding steroid dienone is 2. The second kappa shape index (κ2) is 5.23. The maximum absolute atomic E-state index is 3.53. The highest BCUT2D eigenvalue weighted by Crippen LogP contribution is 2.15. The molecule has 1 rings (SSSR count). The number of rotatable bonds is 4. The van der Waals surface area contributed by atoms with Gasteiger partial charge in [-0.05, 0) is 31.6 Å². The second-order valence-corrected chi connectivity index (χ2v) is 3.87. The van der Waals surface area contributed by atoms with Gasteiger partial charge in [0.2, 0.25) is 0 Å². The molecule has 70 valence electrons. The van der Waals surface area contributed by atoms with Crippen LogP contribution in [0.25, 0.3) is 0 Å². The minimum absolute atomic E-state index is 0.813. The van der Waals surface area contributed by atoms with Gasteiger partial charge in [-0.3, -0.25) is 0 Å². The molecule has 0 aromatic carbocycles. The Morgan fingerprint density at radius 3 is 2.92 bits per heavy atom. The minimum Gasteiger partial charge on any atom is -0.388 e. The van der Waals surface area contributed by atoms with Crippen molar-refractivity contribution in [3.05, 3.63) is 11.8 Å². The molecular formula is C11H21N. The van der Waals surface area contributed by atoms with Gasteiger partial charge in [0.25, 0.3) is 0 Å². The molecular weight excluding hydrogens is 146 g/mol. The van der Waals surface area contributed by atoms with Crippen LogP contribution in [0.15, 0.2) is 11.8 Å². The van der Waals surface area contributed by atoms with Crippen LogP contribution in [-0.4, -0.2) is 6.54 Å². The smallest absolute Gasteiger partial charge is 0.0169 e. The van der Waals surface area contributed by atoms with Gasteiger partial charge in [-0.15, -0.1) is 0 Å². The van der Waals surface area contributed by atoms with Crippen molar-refractivity contribution in [1.29, 1.82) is 0 Å². The van der Waals surface area contributed by atoms with E-state index in [4.69, 9.17) is 0 Å². The summed E-state index contributed by atoms with van der Waals surface area (Å²) in [6, 6.07) is 0. The summed E-state index contributed by atoms with van der Waals surface area (Å²) in [6.07, 6.45) is 8.96. The molecule has 0 spiro atoms. The molecule has 0 saturated carbocycles. The van der Waals surface area contributed by atoms with E-state index in [2.05, 4.69) is 25.2 Å². The van der Waals surface area contributed by atoms with E-state index in [0.717, 1.165) is 12.5 Å². The molecule has 0 radical (unpaired) electrons. The molecule has 1 nitrogen and oxygen atoms in total. The first-order chi connectivity index (χ1) is 5.83. The molecule has 0 aromatic heterocycles. The zero-order valence-electron chi connectivity index (χ0n) is 8.40. The van der Waals surface area contributed by atoms with Crippen LogP contribution in [0.4, 0.5) is 0 Å². The molecule has 0 amide bonds. The van der Waals surface area contributed by atoms with E-state index in [1.807, 2.05) is 0 Å². The van der Waals surface area contributed by atoms with Gasteiger partial charge in [0.05, 0.1) is 0 Å². The average molecular weight is 167 g/mol. The van der Waals surface area contributed by atoms with E-state index in [0.29, 0.717) is 0 Å². The van der Waals surface area contributed by atoms with Crippen molar-refractivity contribution in [1.82, 2.24) is 5.32 Å². The Labute approximate surface area is 76.2 Å². The van der Waals surface area contributed by atoms with Crippen LogP contribution in [0.3, 0.4) is 0 Å². The predicted octanol–water partition coefficient (Wildman–Crippen LogP) is 3.08. The molecule has 0 aromatic rings. The fraction of sp³-hybridized carbons (Fsp3) is 0.818. The van der Waals surface area contributed by atoms with Crippen molar-refractivity contribution in [2.45, 2.75) is 46.0 Å². The third-order valence-corrected chi connectivity index (χ3v) is 2.67. The number of hydrogen-bond acceptors (Lipinski definition) is 1. The largest absolute Gasteiger partial charge is 0.388 e. The molecule has 0 saturated heterocycles. The Morgan fingerprint density at radius 2 is 2.33 bits per heavy atom. The van der Waals surface area contributed by atoms with Crippen molar-refractivity contribution in [3.8, 4) is 0 Å². The lowest BCUT2D eigenvalue weighted by Gasteiger charge is -2.17. The Bertz CT molecular complexity index is 149. The molecule has 1 aliphatic rings. The van der Waals surface area contributed by atoms with Crippen LogP contribution >= 0.6 is 0 Å². The lowest BCUT2D eigenvalue weighted by atomic mass is 10.0. The maximum atomic E-state index is 3.53. The Hall–Kier alpha value is -0.460. The standard InChI is InChI=1S/C11H21N/c1-3-10(2)9-12-11-7-5-4-6-8-11/h7,10,12H,3-6,8-9H2,1-2H3. The topological polar surface area (TPSA) is 12.0 Å². The molecule has 1 heteroatoms. The van der Waals surface area contributed by atoms with E-state index in [1.165, 1.54) is 37.8 Å². The Kier molecular flexibility index (Phi) is 4.20. The quantitative estimate of drug-likeness (QED) is 0.678. The van der Waals surface area contributed by atoms with Crippen molar-refractivity contribution >= 4 is 0 Å². The molecule has 12 heavy (non-hydrogen) atoms. The fourth-order valence-electron chi connectivity index (χ4n) is 1.45. The Morgan fingerprint density at radius 1 is 1.50 bits per heavy atom. The number of nitrogens with one attached hydrogen (secondary N) is 1. The summed E-state index contributed by atoms with van der Waals surface area (Å²) < 4.78 is 0. The van der Waals surface area contributed by atoms with Crippen molar-refractivity contribution in [2.75, 3.05) is 6.54 Å². The summed E-state index contributed by atoms with van der Waals surface area (Å²) in [5.74, 6) is 0.813. The van der Waals surface area contributed by atoms with E-state index in [-0.39, 0.29) is 0 Å². The molecule has 1 unspecified atom stereocenters. The van der Waals surface area contributed by atoms with Gasteiger partial charge in [-0.1, -0.05) is 26.3 Å². The van der Waals surface area contributed by atoms with Gasteiger partial charge in [0.1, 0.15) is 0 Å². The summed E-state index contributed by atoms with van der Waals surface area (Å²) >= 11 is 0. The highest BCUT2D eigenvalue weighted by atomic mass is 14.9. The summed E-state index contributed by atoms with van der Waals surface area (Å²) in [4.78, 5) is 0. The first kappa shape index (κ1) is 9.63. The maximum Gasteiger partial charge on any atom is 0.0169 e. The van der Waals surface area contributed by atoms with Crippen LogP contribution in [0.5, 0.6) is 0 Å². The summed E-state index contributed by atoms with van der Waals surface area (Å²) in [5.41, 5.74) is 1.49. The Balaban J connectivity index is 2.17. The molecule has 1 atom stereocenters. The van der Waals surface area contributed by atoms with Gasteiger partial charge in [-0.2, -0.15) is 0 Å². The third kappa shape index (κ3) is 3.29. The van der Waals surface area contributed by atoms with Crippen LogP contribution in [0.2, 0.25) is 0 Å². The summed E-state index contributed by atoms with van der Waals surface area (Å²) in [6.45, 7) is 5.71. The highest BCUT2D eigenvalue weighted by Gasteiger charge is 2.03. The van der Waals surface area contributed by atoms with Gasteiger partial charge in [-0.25, -0.2) is 0 Å². The minimum atomic E-state index is 0.813. The monoisotopic (exact) mass is 167 g/mol. The zero-order chi connectivity index (χ0) is 8.81. The van der Waals surface area contributed by atoms with Crippen LogP contribution in [-0.2, 0) is 0 Å². The fourth-order valence-corrected chi connectivity index (χ4v) is 1.45. The predicted molar refractivity (Wildman–Crippen MR) is 54.0 cm³/mol. The molecule has 0 aliphatic heterocycles. The van der Waals surface area contributed by atoms with E-state index in [9.17, 15) is 0 Å². The highest BCUT2D eigenvalue weighted by molar-refractivity contribution is 5.02. The molecule has 0 fully saturated rings. The van der Waals surface area contributed by atoms with Crippen molar-refractivity contribution < 1.29 is 0 Å². The van der Waals surface area contributed by atoms with Gasteiger partial charge in [0.15, 0.2) is 0 Å². The summed E-state index contributed by atoms with van der Waals surface area (Å²) in [7, 11) is 0. The SMILES string of the molecule is CCC(C)CNC1=CCCCC1. The van der Waals surface area contributed by atoms with E-state index in [1.54, 1.807) is 0 Å². The second-order valence-electron chi connectivity index (χ2n) is 3.87. The molecule has 0 heterocycles. The van der Waals surface area contributed by atoms with Crippen LogP contribution < -0.4 is 5.32 Å². The van der Waals surface area contributed by atoms with E-state index < -0.39 is 0 Å². The van der Waals surface area contributed by atoms with Crippen molar-refractivity contribution in [2.24, 2.45) is 5.92 Å². The third-order valence-electron chi connectivity index (χ3n) is 2.67. The average Bonchev–Trinajstić information content (AvgIpc) is 2.16. The van der Waals surface area contributed by atoms with Gasteiger partial charge >= 0.3 is 0 Å². The zero-order valence-corrected chi connectivity index (χ0v) is 8.40. The van der Waals surface area contributed by atoms with E-state index >= 15 is 0 Å². The van der Waals surface area contributed by atoms with Gasteiger partial charge in [0, 0.05) is 12.2 Å². The van der Waals surface area contributed by atoms with Crippen LogP contribution in [0.1, 0.15) is 46.0 Å². The molecule has 1 aliphatic carbocycles. The lowest BCUT2D eigenvalue weighted by Crippen LogP contribution is -2.21. The number of hydrogen-bond donors (Lipinski definition) is 1. The molecule has 1 N–H and O–H groups in total. The summed E-state index contributed by atoms with van der Waals surface area (Å²) in [5, 5.41) is 3.53. The normalized spacial score (nSPS) is 20.0. The first-order valence-corrected chi connectivity index (χ1v) is 5.25. The first-order valence-electron chi connectivity index (χ1n) is 5.25. The lowest BCUT2D eigenvalue weighted by molar-refractivity contribution is 0.513. The van der Waals surface area contributed by atoms with Crippen LogP contribution in [0, 0.1) is 5.92 Å².